The van der Waals surface area contributed by atoms with Crippen LogP contribution in [-0.2, 0) is 9.59 Å². The van der Waals surface area contributed by atoms with E-state index < -0.39 is 0 Å². The number of carbonyl (C=O) groups excluding carboxylic acids is 2. The molecule has 0 saturated carbocycles. The van der Waals surface area contributed by atoms with Gasteiger partial charge in [-0.25, -0.2) is 9.37 Å². The van der Waals surface area contributed by atoms with Crippen LogP contribution in [0.15, 0.2) is 66.7 Å². The minimum atomic E-state index is -0.338. The number of halogens is 1. The van der Waals surface area contributed by atoms with Crippen LogP contribution in [0.5, 0.6) is 0 Å². The third-order valence-corrected chi connectivity index (χ3v) is 7.35. The molecular formula is C28H28FN5O2S. The highest BCUT2D eigenvalue weighted by molar-refractivity contribution is 7.21. The lowest BCUT2D eigenvalue weighted by atomic mass is 10.2. The first kappa shape index (κ1) is 25.0. The first-order valence-electron chi connectivity index (χ1n) is 12.2. The average Bonchev–Trinajstić information content (AvgIpc) is 3.30. The molecule has 1 fully saturated rings. The number of aromatic nitrogens is 1. The van der Waals surface area contributed by atoms with E-state index in [0.717, 1.165) is 21.8 Å². The summed E-state index contributed by atoms with van der Waals surface area (Å²) in [6, 6.07) is 19.7. The molecule has 2 heterocycles. The molecule has 1 saturated heterocycles. The summed E-state index contributed by atoms with van der Waals surface area (Å²) in [4.78, 5) is 33.7. The van der Waals surface area contributed by atoms with Gasteiger partial charge in [-0.3, -0.25) is 19.4 Å². The van der Waals surface area contributed by atoms with Gasteiger partial charge in [-0.1, -0.05) is 6.07 Å². The normalized spacial score (nSPS) is 14.5. The van der Waals surface area contributed by atoms with Crippen LogP contribution in [0.2, 0.25) is 0 Å². The summed E-state index contributed by atoms with van der Waals surface area (Å²) in [5.41, 5.74) is 4.56. The molecule has 0 spiro atoms. The molecule has 7 nitrogen and oxygen atoms in total. The zero-order chi connectivity index (χ0) is 25.8. The van der Waals surface area contributed by atoms with Crippen LogP contribution in [0.4, 0.5) is 15.8 Å². The van der Waals surface area contributed by atoms with Crippen molar-refractivity contribution in [1.82, 2.24) is 14.8 Å². The number of anilines is 2. The molecule has 3 aromatic carbocycles. The molecule has 1 aliphatic heterocycles. The number of aryl methyl sites for hydroxylation is 1. The lowest BCUT2D eigenvalue weighted by molar-refractivity contribution is -0.120. The summed E-state index contributed by atoms with van der Waals surface area (Å²) >= 11 is 1.66. The number of carbonyl (C=O) groups is 2. The maximum Gasteiger partial charge on any atom is 0.238 e. The molecule has 0 bridgehead atoms. The molecule has 0 atom stereocenters. The fraction of sp³-hybridized carbons (Fsp3) is 0.250. The molecular weight excluding hydrogens is 489 g/mol. The average molecular weight is 518 g/mol. The van der Waals surface area contributed by atoms with E-state index in [1.165, 1.54) is 22.4 Å². The van der Waals surface area contributed by atoms with Crippen molar-refractivity contribution in [1.29, 1.82) is 0 Å². The lowest BCUT2D eigenvalue weighted by Gasteiger charge is -2.33. The van der Waals surface area contributed by atoms with E-state index in [1.807, 2.05) is 30.3 Å². The predicted octanol–water partition coefficient (Wildman–Crippen LogP) is 4.61. The molecule has 0 aliphatic carbocycles. The van der Waals surface area contributed by atoms with Crippen molar-refractivity contribution in [2.45, 2.75) is 6.92 Å². The molecule has 4 aromatic rings. The van der Waals surface area contributed by atoms with Gasteiger partial charge in [0.15, 0.2) is 0 Å². The topological polar surface area (TPSA) is 77.6 Å². The van der Waals surface area contributed by atoms with E-state index in [1.54, 1.807) is 23.5 Å². The van der Waals surface area contributed by atoms with E-state index in [-0.39, 0.29) is 24.2 Å². The van der Waals surface area contributed by atoms with E-state index >= 15 is 0 Å². The van der Waals surface area contributed by atoms with Crippen molar-refractivity contribution in [3.05, 3.63) is 78.1 Å². The maximum absolute atomic E-state index is 13.0. The van der Waals surface area contributed by atoms with Crippen LogP contribution in [-0.4, -0.2) is 65.9 Å². The Labute approximate surface area is 218 Å². The van der Waals surface area contributed by atoms with Crippen LogP contribution < -0.4 is 10.6 Å². The Morgan fingerprint density at radius 3 is 1.95 bits per heavy atom. The summed E-state index contributed by atoms with van der Waals surface area (Å²) in [5.74, 6) is -0.539. The number of hydrogen-bond donors (Lipinski definition) is 2. The third-order valence-electron chi connectivity index (χ3n) is 6.29. The number of piperazine rings is 1. The quantitative estimate of drug-likeness (QED) is 0.375. The molecule has 1 aliphatic rings. The third kappa shape index (κ3) is 6.56. The molecule has 9 heteroatoms. The van der Waals surface area contributed by atoms with Crippen LogP contribution >= 0.6 is 11.3 Å². The van der Waals surface area contributed by atoms with E-state index in [9.17, 15) is 14.0 Å². The van der Waals surface area contributed by atoms with Gasteiger partial charge in [-0.15, -0.1) is 11.3 Å². The maximum atomic E-state index is 13.0. The molecule has 37 heavy (non-hydrogen) atoms. The van der Waals surface area contributed by atoms with Gasteiger partial charge in [0.1, 0.15) is 10.8 Å². The zero-order valence-corrected chi connectivity index (χ0v) is 21.4. The fourth-order valence-corrected chi connectivity index (χ4v) is 5.37. The Kier molecular flexibility index (Phi) is 7.55. The van der Waals surface area contributed by atoms with Crippen molar-refractivity contribution in [2.24, 2.45) is 0 Å². The molecule has 2 amide bonds. The Hall–Kier alpha value is -3.66. The summed E-state index contributed by atoms with van der Waals surface area (Å²) in [6.07, 6.45) is 0. The van der Waals surface area contributed by atoms with Gasteiger partial charge >= 0.3 is 0 Å². The Morgan fingerprint density at radius 1 is 0.838 bits per heavy atom. The number of thiazole rings is 1. The molecule has 0 radical (unpaired) electrons. The van der Waals surface area contributed by atoms with E-state index in [2.05, 4.69) is 39.5 Å². The molecule has 5 rings (SSSR count). The number of amides is 2. The van der Waals surface area contributed by atoms with Crippen LogP contribution in [0, 0.1) is 12.7 Å². The Bertz CT molecular complexity index is 1400. The number of nitrogens with zero attached hydrogens (tertiary/aromatic N) is 3. The standard InChI is InChI=1S/C28H28FN5O2S/c1-19-2-11-24-25(16-19)37-28(32-24)20-3-7-22(8-4-20)30-26(35)17-33-12-14-34(15-13-33)18-27(36)31-23-9-5-21(29)6-10-23/h2-11,16H,12-15,17-18H2,1H3,(H,30,35)(H,31,36). The SMILES string of the molecule is Cc1ccc2nc(-c3ccc(NC(=O)CN4CCN(CC(=O)Nc5ccc(F)cc5)CC4)cc3)sc2c1. The van der Waals surface area contributed by atoms with Gasteiger partial charge in [0.25, 0.3) is 0 Å². The largest absolute Gasteiger partial charge is 0.325 e. The summed E-state index contributed by atoms with van der Waals surface area (Å²) in [5, 5.41) is 6.72. The van der Waals surface area contributed by atoms with E-state index in [4.69, 9.17) is 4.98 Å². The second kappa shape index (κ2) is 11.2. The highest BCUT2D eigenvalue weighted by atomic mass is 32.1. The highest BCUT2D eigenvalue weighted by Crippen LogP contribution is 2.31. The fourth-order valence-electron chi connectivity index (χ4n) is 4.30. The van der Waals surface area contributed by atoms with Crippen molar-refractivity contribution in [3.8, 4) is 10.6 Å². The number of rotatable bonds is 7. The van der Waals surface area contributed by atoms with Gasteiger partial charge in [0.05, 0.1) is 23.3 Å². The van der Waals surface area contributed by atoms with Gasteiger partial charge < -0.3 is 10.6 Å². The minimum Gasteiger partial charge on any atom is -0.325 e. The summed E-state index contributed by atoms with van der Waals surface area (Å²) in [7, 11) is 0. The second-order valence-corrected chi connectivity index (χ2v) is 10.3. The number of benzene rings is 3. The Balaban J connectivity index is 1.07. The number of nitrogens with one attached hydrogen (secondary N) is 2. The molecule has 1 aromatic heterocycles. The predicted molar refractivity (Wildman–Crippen MR) is 146 cm³/mol. The van der Waals surface area contributed by atoms with E-state index in [0.29, 0.717) is 38.4 Å². The Morgan fingerprint density at radius 2 is 1.38 bits per heavy atom. The van der Waals surface area contributed by atoms with Gasteiger partial charge in [-0.05, 0) is 73.2 Å². The smallest absolute Gasteiger partial charge is 0.238 e. The van der Waals surface area contributed by atoms with Crippen molar-refractivity contribution in [2.75, 3.05) is 49.9 Å². The molecule has 2 N–H and O–H groups in total. The minimum absolute atomic E-state index is 0.0642. The van der Waals surface area contributed by atoms with Crippen LogP contribution in [0.1, 0.15) is 5.56 Å². The van der Waals surface area contributed by atoms with Crippen LogP contribution in [0.25, 0.3) is 20.8 Å². The second-order valence-electron chi connectivity index (χ2n) is 9.22. The van der Waals surface area contributed by atoms with Crippen molar-refractivity contribution >= 4 is 44.7 Å². The van der Waals surface area contributed by atoms with Gasteiger partial charge in [-0.2, -0.15) is 0 Å². The first-order chi connectivity index (χ1) is 17.9. The van der Waals surface area contributed by atoms with Crippen molar-refractivity contribution < 1.29 is 14.0 Å². The summed E-state index contributed by atoms with van der Waals surface area (Å²) < 4.78 is 14.2. The molecule has 0 unspecified atom stereocenters. The summed E-state index contributed by atoms with van der Waals surface area (Å²) in [6.45, 7) is 5.43. The highest BCUT2D eigenvalue weighted by Gasteiger charge is 2.21. The van der Waals surface area contributed by atoms with Gasteiger partial charge in [0, 0.05) is 43.1 Å². The first-order valence-corrected chi connectivity index (χ1v) is 13.0. The van der Waals surface area contributed by atoms with Gasteiger partial charge in [0.2, 0.25) is 11.8 Å². The zero-order valence-electron chi connectivity index (χ0n) is 20.5. The lowest BCUT2D eigenvalue weighted by Crippen LogP contribution is -2.50. The van der Waals surface area contributed by atoms with Crippen LogP contribution in [0.3, 0.4) is 0 Å². The number of fused-ring (bicyclic) bond motifs is 1. The number of hydrogen-bond acceptors (Lipinski definition) is 6. The monoisotopic (exact) mass is 517 g/mol. The molecule has 190 valence electrons. The van der Waals surface area contributed by atoms with Crippen molar-refractivity contribution in [3.63, 3.8) is 0 Å².